The van der Waals surface area contributed by atoms with Gasteiger partial charge < -0.3 is 14.5 Å². The fourth-order valence-corrected chi connectivity index (χ4v) is 3.52. The second-order valence-electron chi connectivity index (χ2n) is 7.49. The van der Waals surface area contributed by atoms with E-state index in [2.05, 4.69) is 20.1 Å². The topological polar surface area (TPSA) is 76.4 Å². The molecule has 1 aliphatic rings. The molecule has 1 aliphatic heterocycles. The maximum absolute atomic E-state index is 12.9. The monoisotopic (exact) mass is 406 g/mol. The zero-order valence-electron chi connectivity index (χ0n) is 17.5. The number of benzene rings is 1. The van der Waals surface area contributed by atoms with Gasteiger partial charge in [-0.1, -0.05) is 12.1 Å². The highest BCUT2D eigenvalue weighted by Crippen LogP contribution is 2.22. The summed E-state index contributed by atoms with van der Waals surface area (Å²) in [6.45, 7) is 8.55. The van der Waals surface area contributed by atoms with Crippen molar-refractivity contribution in [2.45, 2.75) is 26.9 Å². The molecule has 0 spiro atoms. The van der Waals surface area contributed by atoms with Crippen molar-refractivity contribution in [1.82, 2.24) is 24.6 Å². The van der Waals surface area contributed by atoms with Gasteiger partial charge >= 0.3 is 0 Å². The van der Waals surface area contributed by atoms with Gasteiger partial charge in [-0.05, 0) is 50.1 Å². The Hall–Kier alpha value is -3.42. The first kappa shape index (κ1) is 19.9. The largest absolute Gasteiger partial charge is 0.481 e. The Bertz CT molecular complexity index is 995. The predicted octanol–water partition coefficient (Wildman–Crippen LogP) is 2.40. The third-order valence-corrected chi connectivity index (χ3v) is 5.53. The minimum Gasteiger partial charge on any atom is -0.481 e. The van der Waals surface area contributed by atoms with Gasteiger partial charge in [0.15, 0.2) is 17.7 Å². The molecule has 0 bridgehead atoms. The highest BCUT2D eigenvalue weighted by Gasteiger charge is 2.27. The lowest BCUT2D eigenvalue weighted by Gasteiger charge is -2.36. The number of piperazine rings is 1. The fourth-order valence-electron chi connectivity index (χ4n) is 3.52. The first-order chi connectivity index (χ1) is 14.5. The first-order valence-corrected chi connectivity index (χ1v) is 10.1. The van der Waals surface area contributed by atoms with Crippen molar-refractivity contribution < 1.29 is 9.53 Å². The van der Waals surface area contributed by atoms with Crippen LogP contribution in [-0.2, 0) is 4.79 Å². The average molecular weight is 406 g/mol. The van der Waals surface area contributed by atoms with Crippen molar-refractivity contribution in [2.75, 3.05) is 31.1 Å². The zero-order valence-corrected chi connectivity index (χ0v) is 17.5. The van der Waals surface area contributed by atoms with Gasteiger partial charge in [0, 0.05) is 38.6 Å². The Morgan fingerprint density at radius 2 is 1.77 bits per heavy atom. The average Bonchev–Trinajstić information content (AvgIpc) is 3.32. The summed E-state index contributed by atoms with van der Waals surface area (Å²) in [6.07, 6.45) is 4.70. The van der Waals surface area contributed by atoms with Gasteiger partial charge in [-0.15, -0.1) is 10.2 Å². The molecule has 1 aromatic carbocycles. The van der Waals surface area contributed by atoms with Crippen LogP contribution in [0.2, 0.25) is 0 Å². The van der Waals surface area contributed by atoms with E-state index in [1.54, 1.807) is 12.5 Å². The summed E-state index contributed by atoms with van der Waals surface area (Å²) in [7, 11) is 0. The lowest BCUT2D eigenvalue weighted by atomic mass is 10.1. The number of hydrogen-bond donors (Lipinski definition) is 0. The molecule has 8 heteroatoms. The number of ether oxygens (including phenoxy) is 1. The van der Waals surface area contributed by atoms with Crippen LogP contribution >= 0.6 is 0 Å². The molecule has 0 aliphatic carbocycles. The summed E-state index contributed by atoms with van der Waals surface area (Å²) in [6, 6.07) is 9.77. The standard InChI is InChI=1S/C22H26N6O2/c1-16-5-4-6-19(17(16)2)30-18(3)22(29)27-13-11-26(12-14-27)20-7-8-21(25-24-20)28-10-9-23-15-28/h4-10,15,18H,11-14H2,1-3H3. The SMILES string of the molecule is Cc1cccc(OC(C)C(=O)N2CCN(c3ccc(-n4ccnc4)nn3)CC2)c1C. The molecule has 3 aromatic rings. The second-order valence-corrected chi connectivity index (χ2v) is 7.49. The van der Waals surface area contributed by atoms with Crippen LogP contribution in [-0.4, -0.2) is 62.8 Å². The van der Waals surface area contributed by atoms with Crippen LogP contribution in [0.25, 0.3) is 5.82 Å². The molecule has 3 heterocycles. The number of aryl methyl sites for hydroxylation is 1. The molecule has 1 atom stereocenters. The number of anilines is 1. The Morgan fingerprint density at radius 1 is 1.03 bits per heavy atom. The normalized spacial score (nSPS) is 15.2. The molecular weight excluding hydrogens is 380 g/mol. The fraction of sp³-hybridized carbons (Fsp3) is 0.364. The van der Waals surface area contributed by atoms with E-state index < -0.39 is 6.10 Å². The summed E-state index contributed by atoms with van der Waals surface area (Å²) in [5.74, 6) is 2.31. The number of carbonyl (C=O) groups is 1. The zero-order chi connectivity index (χ0) is 21.1. The Labute approximate surface area is 176 Å². The molecule has 156 valence electrons. The highest BCUT2D eigenvalue weighted by molar-refractivity contribution is 5.81. The molecule has 0 saturated carbocycles. The summed E-state index contributed by atoms with van der Waals surface area (Å²) in [5, 5.41) is 8.61. The van der Waals surface area contributed by atoms with E-state index in [0.717, 1.165) is 28.5 Å². The van der Waals surface area contributed by atoms with Gasteiger partial charge in [0.1, 0.15) is 12.1 Å². The van der Waals surface area contributed by atoms with E-state index in [1.165, 1.54) is 0 Å². The van der Waals surface area contributed by atoms with Gasteiger partial charge in [-0.25, -0.2) is 4.98 Å². The van der Waals surface area contributed by atoms with E-state index in [9.17, 15) is 4.79 Å². The van der Waals surface area contributed by atoms with Crippen molar-refractivity contribution in [3.05, 3.63) is 60.2 Å². The van der Waals surface area contributed by atoms with Crippen LogP contribution in [0.15, 0.2) is 49.1 Å². The van der Waals surface area contributed by atoms with Gasteiger partial charge in [-0.2, -0.15) is 0 Å². The van der Waals surface area contributed by atoms with E-state index in [4.69, 9.17) is 4.74 Å². The smallest absolute Gasteiger partial charge is 0.263 e. The lowest BCUT2D eigenvalue weighted by Crippen LogP contribution is -2.52. The molecule has 1 saturated heterocycles. The van der Waals surface area contributed by atoms with Crippen molar-refractivity contribution >= 4 is 11.7 Å². The quantitative estimate of drug-likeness (QED) is 0.648. The molecule has 1 unspecified atom stereocenters. The van der Waals surface area contributed by atoms with Gasteiger partial charge in [0.25, 0.3) is 5.91 Å². The van der Waals surface area contributed by atoms with E-state index in [1.807, 2.05) is 66.8 Å². The van der Waals surface area contributed by atoms with Crippen LogP contribution in [0.4, 0.5) is 5.82 Å². The molecule has 8 nitrogen and oxygen atoms in total. The van der Waals surface area contributed by atoms with Crippen LogP contribution in [0.1, 0.15) is 18.1 Å². The molecule has 1 fully saturated rings. The van der Waals surface area contributed by atoms with Crippen molar-refractivity contribution in [1.29, 1.82) is 0 Å². The maximum Gasteiger partial charge on any atom is 0.263 e. The Balaban J connectivity index is 1.33. The summed E-state index contributed by atoms with van der Waals surface area (Å²) in [5.41, 5.74) is 2.22. The molecule has 30 heavy (non-hydrogen) atoms. The van der Waals surface area contributed by atoms with Gasteiger partial charge in [0.2, 0.25) is 0 Å². The van der Waals surface area contributed by atoms with Gasteiger partial charge in [-0.3, -0.25) is 9.36 Å². The third kappa shape index (κ3) is 4.12. The van der Waals surface area contributed by atoms with Crippen molar-refractivity contribution in [2.24, 2.45) is 0 Å². The van der Waals surface area contributed by atoms with Crippen LogP contribution < -0.4 is 9.64 Å². The Morgan fingerprint density at radius 3 is 2.43 bits per heavy atom. The second kappa shape index (κ2) is 8.52. The number of amides is 1. The van der Waals surface area contributed by atoms with E-state index in [0.29, 0.717) is 26.2 Å². The highest BCUT2D eigenvalue weighted by atomic mass is 16.5. The van der Waals surface area contributed by atoms with Gasteiger partial charge in [0.05, 0.1) is 0 Å². The summed E-state index contributed by atoms with van der Waals surface area (Å²) < 4.78 is 7.78. The van der Waals surface area contributed by atoms with Crippen LogP contribution in [0.5, 0.6) is 5.75 Å². The number of imidazole rings is 1. The van der Waals surface area contributed by atoms with Crippen molar-refractivity contribution in [3.63, 3.8) is 0 Å². The predicted molar refractivity (Wildman–Crippen MR) is 114 cm³/mol. The minimum atomic E-state index is -0.522. The molecule has 0 N–H and O–H groups in total. The molecular formula is C22H26N6O2. The maximum atomic E-state index is 12.9. The molecule has 4 rings (SSSR count). The summed E-state index contributed by atoms with van der Waals surface area (Å²) in [4.78, 5) is 20.9. The van der Waals surface area contributed by atoms with Crippen LogP contribution in [0, 0.1) is 13.8 Å². The number of hydrogen-bond acceptors (Lipinski definition) is 6. The Kier molecular flexibility index (Phi) is 5.65. The van der Waals surface area contributed by atoms with E-state index >= 15 is 0 Å². The van der Waals surface area contributed by atoms with Crippen molar-refractivity contribution in [3.8, 4) is 11.6 Å². The number of aromatic nitrogens is 4. The molecule has 0 radical (unpaired) electrons. The molecule has 1 amide bonds. The number of carbonyl (C=O) groups excluding carboxylic acids is 1. The van der Waals surface area contributed by atoms with Crippen LogP contribution in [0.3, 0.4) is 0 Å². The number of nitrogens with zero attached hydrogens (tertiary/aromatic N) is 6. The molecule has 2 aromatic heterocycles. The lowest BCUT2D eigenvalue weighted by molar-refractivity contribution is -0.138. The van der Waals surface area contributed by atoms with E-state index in [-0.39, 0.29) is 5.91 Å². The third-order valence-electron chi connectivity index (χ3n) is 5.53. The first-order valence-electron chi connectivity index (χ1n) is 10.1. The minimum absolute atomic E-state index is 0.0112. The number of rotatable bonds is 5. The summed E-state index contributed by atoms with van der Waals surface area (Å²) >= 11 is 0.